The number of sulfone groups is 1. The number of hydrogen-bond donors (Lipinski definition) is 0. The van der Waals surface area contributed by atoms with Crippen molar-refractivity contribution in [3.05, 3.63) is 71.3 Å². The average molecular weight is 492 g/mol. The summed E-state index contributed by atoms with van der Waals surface area (Å²) >= 11 is 0. The Balaban J connectivity index is 0.00000363. The molecular formula is C23H29ClF3NO3S. The Kier molecular flexibility index (Phi) is 9.16. The molecule has 1 fully saturated rings. The SMILES string of the molecule is COC1CCN(Cc2ccc([C@H](CS(C)(=O)=O)C(F)(F)F)cc2)CC1c1ccccc1.Cl. The van der Waals surface area contributed by atoms with Gasteiger partial charge in [0.25, 0.3) is 0 Å². The normalized spacial score (nSPS) is 21.0. The Labute approximate surface area is 194 Å². The second-order valence-electron chi connectivity index (χ2n) is 8.24. The molecular weight excluding hydrogens is 463 g/mol. The predicted molar refractivity (Wildman–Crippen MR) is 122 cm³/mol. The van der Waals surface area contributed by atoms with Crippen LogP contribution in [0.5, 0.6) is 0 Å². The zero-order valence-corrected chi connectivity index (χ0v) is 19.7. The fourth-order valence-corrected chi connectivity index (χ4v) is 5.23. The van der Waals surface area contributed by atoms with Crippen LogP contribution in [0.3, 0.4) is 0 Å². The minimum atomic E-state index is -4.62. The lowest BCUT2D eigenvalue weighted by atomic mass is 9.87. The van der Waals surface area contributed by atoms with E-state index >= 15 is 0 Å². The van der Waals surface area contributed by atoms with E-state index in [4.69, 9.17) is 4.74 Å². The molecule has 2 unspecified atom stereocenters. The minimum absolute atomic E-state index is 0. The fourth-order valence-electron chi connectivity index (χ4n) is 4.24. The maximum Gasteiger partial charge on any atom is 0.396 e. The Morgan fingerprint density at radius 2 is 1.72 bits per heavy atom. The van der Waals surface area contributed by atoms with Gasteiger partial charge in [0.15, 0.2) is 0 Å². The zero-order valence-electron chi connectivity index (χ0n) is 18.1. The van der Waals surface area contributed by atoms with Gasteiger partial charge in [-0.3, -0.25) is 4.90 Å². The molecule has 1 heterocycles. The predicted octanol–water partition coefficient (Wildman–Crippen LogP) is 4.80. The number of ether oxygens (including phenoxy) is 1. The van der Waals surface area contributed by atoms with Crippen molar-refractivity contribution >= 4 is 22.2 Å². The van der Waals surface area contributed by atoms with Crippen molar-refractivity contribution in [1.82, 2.24) is 4.90 Å². The molecule has 2 aromatic rings. The van der Waals surface area contributed by atoms with E-state index in [1.165, 1.54) is 17.7 Å². The minimum Gasteiger partial charge on any atom is -0.381 e. The number of nitrogens with zero attached hydrogens (tertiary/aromatic N) is 1. The van der Waals surface area contributed by atoms with Crippen LogP contribution in [0.1, 0.15) is 34.9 Å². The average Bonchev–Trinajstić information content (AvgIpc) is 2.72. The van der Waals surface area contributed by atoms with Gasteiger partial charge in [0, 0.05) is 38.9 Å². The molecule has 1 aliphatic rings. The number of hydrogen-bond acceptors (Lipinski definition) is 4. The summed E-state index contributed by atoms with van der Waals surface area (Å²) in [5.74, 6) is -2.74. The molecule has 1 aliphatic heterocycles. The topological polar surface area (TPSA) is 46.6 Å². The van der Waals surface area contributed by atoms with Crippen LogP contribution in [-0.4, -0.2) is 57.8 Å². The summed E-state index contributed by atoms with van der Waals surface area (Å²) in [5, 5.41) is 0. The first-order chi connectivity index (χ1) is 14.6. The molecule has 0 aliphatic carbocycles. The van der Waals surface area contributed by atoms with Crippen molar-refractivity contribution in [3.8, 4) is 0 Å². The Morgan fingerprint density at radius 1 is 1.09 bits per heavy atom. The number of alkyl halides is 3. The third-order valence-electron chi connectivity index (χ3n) is 5.82. The van der Waals surface area contributed by atoms with Crippen LogP contribution in [0.15, 0.2) is 54.6 Å². The molecule has 0 saturated carbocycles. The molecule has 3 rings (SSSR count). The second kappa shape index (κ2) is 11.0. The maximum absolute atomic E-state index is 13.4. The molecule has 0 radical (unpaired) electrons. The highest BCUT2D eigenvalue weighted by atomic mass is 35.5. The van der Waals surface area contributed by atoms with Crippen molar-refractivity contribution in [2.45, 2.75) is 37.1 Å². The third-order valence-corrected chi connectivity index (χ3v) is 6.76. The lowest BCUT2D eigenvalue weighted by Crippen LogP contribution is -2.42. The third kappa shape index (κ3) is 7.20. The van der Waals surface area contributed by atoms with Gasteiger partial charge in [0.05, 0.1) is 17.8 Å². The van der Waals surface area contributed by atoms with Crippen LogP contribution in [0.25, 0.3) is 0 Å². The van der Waals surface area contributed by atoms with Crippen LogP contribution in [-0.2, 0) is 21.1 Å². The Bertz CT molecular complexity index is 953. The van der Waals surface area contributed by atoms with Crippen molar-refractivity contribution in [2.75, 3.05) is 32.2 Å². The number of methoxy groups -OCH3 is 1. The summed E-state index contributed by atoms with van der Waals surface area (Å²) < 4.78 is 68.8. The summed E-state index contributed by atoms with van der Waals surface area (Å²) in [7, 11) is -2.04. The molecule has 9 heteroatoms. The molecule has 0 N–H and O–H groups in total. The van der Waals surface area contributed by atoms with Gasteiger partial charge < -0.3 is 4.74 Å². The van der Waals surface area contributed by atoms with Crippen molar-refractivity contribution in [3.63, 3.8) is 0 Å². The summed E-state index contributed by atoms with van der Waals surface area (Å²) in [4.78, 5) is 2.28. The first kappa shape index (κ1) is 26.6. The Hall–Kier alpha value is -1.61. The smallest absolute Gasteiger partial charge is 0.381 e. The molecule has 0 bridgehead atoms. The van der Waals surface area contributed by atoms with Gasteiger partial charge in [0.2, 0.25) is 0 Å². The Morgan fingerprint density at radius 3 is 2.25 bits per heavy atom. The van der Waals surface area contributed by atoms with Crippen LogP contribution < -0.4 is 0 Å². The largest absolute Gasteiger partial charge is 0.396 e. The second-order valence-corrected chi connectivity index (χ2v) is 10.4. The van der Waals surface area contributed by atoms with E-state index in [0.717, 1.165) is 31.3 Å². The molecule has 4 nitrogen and oxygen atoms in total. The number of likely N-dealkylation sites (tertiary alicyclic amines) is 1. The molecule has 0 amide bonds. The van der Waals surface area contributed by atoms with Gasteiger partial charge in [-0.05, 0) is 23.1 Å². The zero-order chi connectivity index (χ0) is 22.6. The molecule has 3 atom stereocenters. The van der Waals surface area contributed by atoms with Gasteiger partial charge >= 0.3 is 6.18 Å². The van der Waals surface area contributed by atoms with E-state index in [1.807, 2.05) is 18.2 Å². The molecule has 178 valence electrons. The summed E-state index contributed by atoms with van der Waals surface area (Å²) in [5.41, 5.74) is 2.08. The quantitative estimate of drug-likeness (QED) is 0.558. The summed E-state index contributed by atoms with van der Waals surface area (Å²) in [6.07, 6.45) is -2.79. The van der Waals surface area contributed by atoms with Gasteiger partial charge in [-0.1, -0.05) is 54.6 Å². The van der Waals surface area contributed by atoms with E-state index in [2.05, 4.69) is 17.0 Å². The van der Waals surface area contributed by atoms with Gasteiger partial charge in [-0.25, -0.2) is 8.42 Å². The number of rotatable bonds is 7. The van der Waals surface area contributed by atoms with E-state index in [9.17, 15) is 21.6 Å². The maximum atomic E-state index is 13.4. The standard InChI is InChI=1S/C23H28F3NO3S.ClH/c1-30-22-12-13-27(15-20(22)18-6-4-3-5-7-18)14-17-8-10-19(11-9-17)21(23(24,25)26)16-31(2,28)29;/h3-11,20-22H,12-16H2,1-2H3;1H/t20?,21-,22?;/m0./s1. The van der Waals surface area contributed by atoms with Crippen LogP contribution >= 0.6 is 12.4 Å². The highest BCUT2D eigenvalue weighted by molar-refractivity contribution is 7.90. The van der Waals surface area contributed by atoms with Crippen LogP contribution in [0.4, 0.5) is 13.2 Å². The molecule has 0 aromatic heterocycles. The highest BCUT2D eigenvalue weighted by Gasteiger charge is 2.42. The van der Waals surface area contributed by atoms with Crippen LogP contribution in [0, 0.1) is 0 Å². The summed E-state index contributed by atoms with van der Waals surface area (Å²) in [6, 6.07) is 16.3. The molecule has 32 heavy (non-hydrogen) atoms. The number of benzene rings is 2. The van der Waals surface area contributed by atoms with E-state index in [1.54, 1.807) is 19.2 Å². The first-order valence-electron chi connectivity index (χ1n) is 10.2. The fraction of sp³-hybridized carbons (Fsp3) is 0.478. The molecule has 1 saturated heterocycles. The lowest BCUT2D eigenvalue weighted by molar-refractivity contribution is -0.145. The van der Waals surface area contributed by atoms with Gasteiger partial charge in [-0.2, -0.15) is 13.2 Å². The molecule has 0 spiro atoms. The van der Waals surface area contributed by atoms with Crippen molar-refractivity contribution in [1.29, 1.82) is 0 Å². The number of piperidine rings is 1. The van der Waals surface area contributed by atoms with Crippen LogP contribution in [0.2, 0.25) is 0 Å². The van der Waals surface area contributed by atoms with E-state index in [0.29, 0.717) is 6.54 Å². The first-order valence-corrected chi connectivity index (χ1v) is 12.3. The van der Waals surface area contributed by atoms with E-state index in [-0.39, 0.29) is 30.0 Å². The number of halogens is 4. The highest BCUT2D eigenvalue weighted by Crippen LogP contribution is 2.36. The van der Waals surface area contributed by atoms with Crippen molar-refractivity contribution < 1.29 is 26.3 Å². The van der Waals surface area contributed by atoms with E-state index < -0.39 is 27.7 Å². The van der Waals surface area contributed by atoms with Gasteiger partial charge in [-0.15, -0.1) is 12.4 Å². The lowest BCUT2D eigenvalue weighted by Gasteiger charge is -2.38. The molecule has 2 aromatic carbocycles. The summed E-state index contributed by atoms with van der Waals surface area (Å²) in [6.45, 7) is 2.25. The van der Waals surface area contributed by atoms with Gasteiger partial charge in [0.1, 0.15) is 9.84 Å². The van der Waals surface area contributed by atoms with Crippen molar-refractivity contribution in [2.24, 2.45) is 0 Å². The monoisotopic (exact) mass is 491 g/mol.